The van der Waals surface area contributed by atoms with Crippen LogP contribution in [0.1, 0.15) is 0 Å². The quantitative estimate of drug-likeness (QED) is 0.166. The zero-order valence-corrected chi connectivity index (χ0v) is 26.5. The predicted molar refractivity (Wildman–Crippen MR) is 190 cm³/mol. The van der Waals surface area contributed by atoms with E-state index in [-0.39, 0.29) is 0 Å². The molecule has 0 aliphatic rings. The van der Waals surface area contributed by atoms with Gasteiger partial charge in [0.15, 0.2) is 14.3 Å². The minimum atomic E-state index is -3.53. The standard InChI is InChI=1S/C40H28O4P2/c41-45(31-13-5-1-6-14-31,32-15-7-2-8-16-32)35-23-21-29-25-27-43-39(29)37(35)38-36(24-22-30-26-28-44-40(30)38)46(42,33-17-9-3-10-18-33)34-19-11-4-12-20-34/h1-28H. The van der Waals surface area contributed by atoms with Crippen molar-refractivity contribution < 1.29 is 18.0 Å². The Morgan fingerprint density at radius 3 is 0.957 bits per heavy atom. The zero-order chi connectivity index (χ0) is 31.1. The third kappa shape index (κ3) is 4.37. The normalized spacial score (nSPS) is 12.1. The number of rotatable bonds is 7. The molecule has 0 N–H and O–H groups in total. The van der Waals surface area contributed by atoms with Crippen molar-refractivity contribution in [2.24, 2.45) is 0 Å². The summed E-state index contributed by atoms with van der Waals surface area (Å²) in [4.78, 5) is 0. The van der Waals surface area contributed by atoms with Gasteiger partial charge in [-0.3, -0.25) is 0 Å². The fourth-order valence-corrected chi connectivity index (χ4v) is 12.2. The highest BCUT2D eigenvalue weighted by atomic mass is 31.2. The van der Waals surface area contributed by atoms with Crippen molar-refractivity contribution in [1.82, 2.24) is 0 Å². The third-order valence-corrected chi connectivity index (χ3v) is 14.8. The first-order valence-electron chi connectivity index (χ1n) is 15.0. The molecular weight excluding hydrogens is 606 g/mol. The molecule has 4 nitrogen and oxygen atoms in total. The van der Waals surface area contributed by atoms with Gasteiger partial charge < -0.3 is 18.0 Å². The van der Waals surface area contributed by atoms with E-state index in [1.807, 2.05) is 158 Å². The van der Waals surface area contributed by atoms with Gasteiger partial charge in [-0.2, -0.15) is 0 Å². The van der Waals surface area contributed by atoms with Gasteiger partial charge in [0.05, 0.1) is 12.5 Å². The summed E-state index contributed by atoms with van der Waals surface area (Å²) in [6, 6.07) is 49.9. The lowest BCUT2D eigenvalue weighted by Gasteiger charge is -2.26. The highest BCUT2D eigenvalue weighted by Crippen LogP contribution is 2.51. The second kappa shape index (κ2) is 11.3. The van der Waals surface area contributed by atoms with Gasteiger partial charge in [-0.15, -0.1) is 0 Å². The van der Waals surface area contributed by atoms with Crippen LogP contribution in [0.2, 0.25) is 0 Å². The Morgan fingerprint density at radius 2 is 0.652 bits per heavy atom. The molecule has 222 valence electrons. The van der Waals surface area contributed by atoms with E-state index in [4.69, 9.17) is 8.83 Å². The molecule has 0 radical (unpaired) electrons. The van der Waals surface area contributed by atoms with E-state index in [1.54, 1.807) is 12.5 Å². The van der Waals surface area contributed by atoms with E-state index in [0.29, 0.717) is 54.1 Å². The average Bonchev–Trinajstić information content (AvgIpc) is 3.82. The van der Waals surface area contributed by atoms with Crippen molar-refractivity contribution >= 4 is 68.0 Å². The van der Waals surface area contributed by atoms with Crippen LogP contribution in [0.5, 0.6) is 0 Å². The van der Waals surface area contributed by atoms with Crippen LogP contribution in [0.15, 0.2) is 179 Å². The molecule has 8 aromatic rings. The summed E-state index contributed by atoms with van der Waals surface area (Å²) >= 11 is 0. The molecule has 6 heteroatoms. The van der Waals surface area contributed by atoms with Gasteiger partial charge in [-0.1, -0.05) is 133 Å². The maximum absolute atomic E-state index is 16.0. The fourth-order valence-electron chi connectivity index (χ4n) is 6.46. The van der Waals surface area contributed by atoms with Crippen molar-refractivity contribution in [3.8, 4) is 11.1 Å². The molecule has 8 rings (SSSR count). The summed E-state index contributed by atoms with van der Waals surface area (Å²) in [5.41, 5.74) is 2.34. The van der Waals surface area contributed by atoms with E-state index < -0.39 is 14.3 Å². The molecule has 0 aliphatic carbocycles. The molecule has 2 aromatic heterocycles. The molecule has 0 atom stereocenters. The van der Waals surface area contributed by atoms with E-state index in [9.17, 15) is 0 Å². The lowest BCUT2D eigenvalue weighted by atomic mass is 10.0. The summed E-state index contributed by atoms with van der Waals surface area (Å²) in [6.45, 7) is 0. The van der Waals surface area contributed by atoms with Gasteiger partial charge in [0.1, 0.15) is 11.2 Å². The van der Waals surface area contributed by atoms with E-state index in [0.717, 1.165) is 10.8 Å². The van der Waals surface area contributed by atoms with E-state index in [2.05, 4.69) is 0 Å². The average molecular weight is 635 g/mol. The Hall–Kier alpha value is -5.14. The molecule has 0 unspecified atom stereocenters. The highest BCUT2D eigenvalue weighted by molar-refractivity contribution is 7.86. The number of hydrogen-bond acceptors (Lipinski definition) is 4. The van der Waals surface area contributed by atoms with Crippen LogP contribution in [-0.4, -0.2) is 0 Å². The van der Waals surface area contributed by atoms with Crippen LogP contribution in [0.4, 0.5) is 0 Å². The lowest BCUT2D eigenvalue weighted by molar-refractivity contribution is 0.591. The molecule has 0 amide bonds. The summed E-state index contributed by atoms with van der Waals surface area (Å²) in [5.74, 6) is 0. The van der Waals surface area contributed by atoms with Gasteiger partial charge in [-0.05, 0) is 24.3 Å². The fraction of sp³-hybridized carbons (Fsp3) is 0. The van der Waals surface area contributed by atoms with Crippen LogP contribution in [0, 0.1) is 0 Å². The summed E-state index contributed by atoms with van der Waals surface area (Å²) in [6.07, 6.45) is 3.29. The van der Waals surface area contributed by atoms with Gasteiger partial charge in [0, 0.05) is 53.7 Å². The summed E-state index contributed by atoms with van der Waals surface area (Å²) < 4.78 is 44.5. The Morgan fingerprint density at radius 1 is 0.348 bits per heavy atom. The minimum absolute atomic E-state index is 0.558. The molecule has 0 saturated heterocycles. The van der Waals surface area contributed by atoms with Crippen molar-refractivity contribution in [3.05, 3.63) is 170 Å². The molecule has 2 heterocycles. The second-order valence-electron chi connectivity index (χ2n) is 11.2. The molecule has 46 heavy (non-hydrogen) atoms. The first-order chi connectivity index (χ1) is 22.6. The Bertz CT molecular complexity index is 2150. The molecule has 0 saturated carbocycles. The number of hydrogen-bond donors (Lipinski definition) is 0. The van der Waals surface area contributed by atoms with Crippen molar-refractivity contribution in [1.29, 1.82) is 0 Å². The minimum Gasteiger partial charge on any atom is -0.464 e. The van der Waals surface area contributed by atoms with Crippen LogP contribution in [0.25, 0.3) is 33.1 Å². The van der Waals surface area contributed by atoms with Crippen molar-refractivity contribution in [2.75, 3.05) is 0 Å². The Labute approximate surface area is 266 Å². The van der Waals surface area contributed by atoms with Crippen molar-refractivity contribution in [2.45, 2.75) is 0 Å². The van der Waals surface area contributed by atoms with Gasteiger partial charge >= 0.3 is 0 Å². The van der Waals surface area contributed by atoms with Crippen LogP contribution < -0.4 is 31.8 Å². The summed E-state index contributed by atoms with van der Waals surface area (Å²) in [7, 11) is -7.05. The van der Waals surface area contributed by atoms with Gasteiger partial charge in [-0.25, -0.2) is 0 Å². The molecule has 0 aliphatic heterocycles. The number of fused-ring (bicyclic) bond motifs is 2. The maximum atomic E-state index is 16.0. The van der Waals surface area contributed by atoms with Crippen LogP contribution >= 0.6 is 14.3 Å². The Balaban J connectivity index is 1.56. The number of benzene rings is 6. The topological polar surface area (TPSA) is 60.4 Å². The Kier molecular flexibility index (Phi) is 6.99. The molecule has 0 spiro atoms. The van der Waals surface area contributed by atoms with E-state index >= 15 is 9.13 Å². The highest BCUT2D eigenvalue weighted by Gasteiger charge is 2.39. The van der Waals surface area contributed by atoms with Crippen LogP contribution in [0.3, 0.4) is 0 Å². The van der Waals surface area contributed by atoms with Gasteiger partial charge in [0.2, 0.25) is 0 Å². The molecule has 6 aromatic carbocycles. The van der Waals surface area contributed by atoms with Crippen molar-refractivity contribution in [3.63, 3.8) is 0 Å². The largest absolute Gasteiger partial charge is 0.464 e. The molecule has 0 fully saturated rings. The first kappa shape index (κ1) is 28.3. The third-order valence-electron chi connectivity index (χ3n) is 8.61. The summed E-state index contributed by atoms with van der Waals surface area (Å²) in [5, 5.41) is 5.62. The molecule has 0 bridgehead atoms. The first-order valence-corrected chi connectivity index (χ1v) is 18.5. The lowest BCUT2D eigenvalue weighted by Crippen LogP contribution is -2.29. The van der Waals surface area contributed by atoms with Gasteiger partial charge in [0.25, 0.3) is 0 Å². The second-order valence-corrected chi connectivity index (χ2v) is 16.6. The smallest absolute Gasteiger partial charge is 0.171 e. The van der Waals surface area contributed by atoms with Crippen LogP contribution in [-0.2, 0) is 9.13 Å². The monoisotopic (exact) mass is 634 g/mol. The SMILES string of the molecule is O=P(c1ccccc1)(c1ccccc1)c1ccc2ccoc2c1-c1c(P(=O)(c2ccccc2)c2ccccc2)ccc2ccoc12. The number of furan rings is 2. The molecular formula is C40H28O4P2. The maximum Gasteiger partial charge on any atom is 0.171 e. The predicted octanol–water partition coefficient (Wildman–Crippen LogP) is 8.12. The van der Waals surface area contributed by atoms with E-state index in [1.165, 1.54) is 0 Å². The zero-order valence-electron chi connectivity index (χ0n) is 24.7.